The lowest BCUT2D eigenvalue weighted by Gasteiger charge is -2.19. The van der Waals surface area contributed by atoms with Crippen molar-refractivity contribution in [1.82, 2.24) is 0 Å². The van der Waals surface area contributed by atoms with Gasteiger partial charge in [-0.3, -0.25) is 14.4 Å². The fourth-order valence-corrected chi connectivity index (χ4v) is 4.09. The number of hydrogen-bond acceptors (Lipinski definition) is 3. The first-order valence-corrected chi connectivity index (χ1v) is 9.83. The lowest BCUT2D eigenvalue weighted by molar-refractivity contribution is -0.137. The normalized spacial score (nSPS) is 18.3. The lowest BCUT2D eigenvalue weighted by Crippen LogP contribution is -2.29. The van der Waals surface area contributed by atoms with E-state index in [9.17, 15) is 27.6 Å². The van der Waals surface area contributed by atoms with E-state index >= 15 is 0 Å². The summed E-state index contributed by atoms with van der Waals surface area (Å²) >= 11 is 0. The minimum absolute atomic E-state index is 0.0559. The monoisotopic (exact) mass is 431 g/mol. The number of nitrogens with one attached hydrogen (secondary N) is 1. The highest BCUT2D eigenvalue weighted by atomic mass is 19.4. The van der Waals surface area contributed by atoms with E-state index in [0.717, 1.165) is 17.3 Å². The first-order valence-electron chi connectivity index (χ1n) is 9.83. The number of fused-ring (bicyclic) bond motifs is 1. The summed E-state index contributed by atoms with van der Waals surface area (Å²) in [5, 5.41) is 2.33. The van der Waals surface area contributed by atoms with Crippen molar-refractivity contribution in [2.45, 2.75) is 25.9 Å². The highest BCUT2D eigenvalue weighted by molar-refractivity contribution is 6.04. The number of alkyl halides is 3. The van der Waals surface area contributed by atoms with Gasteiger partial charge in [-0.05, 0) is 42.3 Å². The second kappa shape index (κ2) is 7.72. The molecule has 2 aromatic carbocycles. The average molecular weight is 431 g/mol. The summed E-state index contributed by atoms with van der Waals surface area (Å²) < 4.78 is 39.5. The summed E-state index contributed by atoms with van der Waals surface area (Å²) in [6, 6.07) is 10.1. The standard InChI is InChI=1S/C22H20F3N3O3/c1-13(29)27-9-8-14-10-16(6-7-19(14)27)28-12-15(11-20(28)30)21(31)26-18-5-3-2-4-17(18)22(23,24)25/h2-7,10,15H,8-9,11-12H2,1H3,(H,26,31)/t15-/m0/s1. The largest absolute Gasteiger partial charge is 0.418 e. The van der Waals surface area contributed by atoms with Gasteiger partial charge in [0.2, 0.25) is 17.7 Å². The maximum atomic E-state index is 13.2. The predicted octanol–water partition coefficient (Wildman–Crippen LogP) is 3.61. The van der Waals surface area contributed by atoms with Crippen LogP contribution in [-0.4, -0.2) is 30.8 Å². The molecule has 0 saturated carbocycles. The number of nitrogens with zero attached hydrogens (tertiary/aromatic N) is 2. The van der Waals surface area contributed by atoms with Crippen molar-refractivity contribution >= 4 is 34.8 Å². The van der Waals surface area contributed by atoms with Crippen LogP contribution in [0.3, 0.4) is 0 Å². The highest BCUT2D eigenvalue weighted by Crippen LogP contribution is 2.36. The van der Waals surface area contributed by atoms with E-state index < -0.39 is 23.6 Å². The molecule has 162 valence electrons. The van der Waals surface area contributed by atoms with Crippen molar-refractivity contribution in [1.29, 1.82) is 0 Å². The number of amides is 3. The Hall–Kier alpha value is -3.36. The minimum atomic E-state index is -4.60. The number of carbonyl (C=O) groups is 3. The fourth-order valence-electron chi connectivity index (χ4n) is 4.09. The molecule has 0 aromatic heterocycles. The summed E-state index contributed by atoms with van der Waals surface area (Å²) in [6.07, 6.45) is -4.01. The molecule has 0 aliphatic carbocycles. The van der Waals surface area contributed by atoms with Crippen molar-refractivity contribution in [3.63, 3.8) is 0 Å². The summed E-state index contributed by atoms with van der Waals surface area (Å²) in [7, 11) is 0. The molecule has 6 nitrogen and oxygen atoms in total. The zero-order valence-electron chi connectivity index (χ0n) is 16.7. The molecule has 1 N–H and O–H groups in total. The van der Waals surface area contributed by atoms with Crippen molar-refractivity contribution < 1.29 is 27.6 Å². The van der Waals surface area contributed by atoms with E-state index in [1.807, 2.05) is 6.07 Å². The molecule has 1 atom stereocenters. The first-order chi connectivity index (χ1) is 14.6. The Labute approximate surface area is 176 Å². The highest BCUT2D eigenvalue weighted by Gasteiger charge is 2.38. The Morgan fingerprint density at radius 1 is 1.13 bits per heavy atom. The third kappa shape index (κ3) is 3.99. The zero-order valence-corrected chi connectivity index (χ0v) is 16.7. The molecule has 9 heteroatoms. The van der Waals surface area contributed by atoms with Crippen LogP contribution in [0.15, 0.2) is 42.5 Å². The van der Waals surface area contributed by atoms with Gasteiger partial charge in [0.1, 0.15) is 0 Å². The Morgan fingerprint density at radius 3 is 2.58 bits per heavy atom. The first kappa shape index (κ1) is 20.9. The van der Waals surface area contributed by atoms with Crippen LogP contribution in [0.5, 0.6) is 0 Å². The minimum Gasteiger partial charge on any atom is -0.325 e. The van der Waals surface area contributed by atoms with E-state index in [2.05, 4.69) is 5.32 Å². The molecule has 31 heavy (non-hydrogen) atoms. The summed E-state index contributed by atoms with van der Waals surface area (Å²) in [4.78, 5) is 40.0. The van der Waals surface area contributed by atoms with Gasteiger partial charge in [0.05, 0.1) is 17.2 Å². The SMILES string of the molecule is CC(=O)N1CCc2cc(N3C[C@@H](C(=O)Nc4ccccc4C(F)(F)F)CC3=O)ccc21. The van der Waals surface area contributed by atoms with Crippen molar-refractivity contribution in [3.8, 4) is 0 Å². The molecule has 3 amide bonds. The molecule has 1 fully saturated rings. The van der Waals surface area contributed by atoms with E-state index in [1.54, 1.807) is 17.0 Å². The van der Waals surface area contributed by atoms with E-state index in [-0.39, 0.29) is 30.5 Å². The van der Waals surface area contributed by atoms with Gasteiger partial charge >= 0.3 is 6.18 Å². The molecule has 0 unspecified atom stereocenters. The van der Waals surface area contributed by atoms with Crippen LogP contribution in [-0.2, 0) is 27.0 Å². The topological polar surface area (TPSA) is 69.7 Å². The van der Waals surface area contributed by atoms with Gasteiger partial charge < -0.3 is 15.1 Å². The molecular weight excluding hydrogens is 411 g/mol. The fraction of sp³-hybridized carbons (Fsp3) is 0.318. The Balaban J connectivity index is 1.49. The van der Waals surface area contributed by atoms with Crippen LogP contribution in [0, 0.1) is 5.92 Å². The summed E-state index contributed by atoms with van der Waals surface area (Å²) in [5.41, 5.74) is 1.10. The Bertz CT molecular complexity index is 1070. The lowest BCUT2D eigenvalue weighted by atomic mass is 10.1. The van der Waals surface area contributed by atoms with Crippen LogP contribution in [0.2, 0.25) is 0 Å². The number of benzene rings is 2. The van der Waals surface area contributed by atoms with Gasteiger partial charge in [0, 0.05) is 37.8 Å². The molecule has 0 spiro atoms. The molecule has 2 heterocycles. The summed E-state index contributed by atoms with van der Waals surface area (Å²) in [6.45, 7) is 2.15. The molecule has 2 aliphatic heterocycles. The second-order valence-corrected chi connectivity index (χ2v) is 7.67. The van der Waals surface area contributed by atoms with Crippen molar-refractivity contribution in [3.05, 3.63) is 53.6 Å². The molecule has 0 radical (unpaired) electrons. The average Bonchev–Trinajstić information content (AvgIpc) is 3.30. The Morgan fingerprint density at radius 2 is 1.87 bits per heavy atom. The number of para-hydroxylation sites is 1. The van der Waals surface area contributed by atoms with Crippen molar-refractivity contribution in [2.24, 2.45) is 5.92 Å². The van der Waals surface area contributed by atoms with E-state index in [1.165, 1.54) is 30.0 Å². The number of carbonyl (C=O) groups excluding carboxylic acids is 3. The molecule has 2 aromatic rings. The number of halogens is 3. The molecule has 2 aliphatic rings. The van der Waals surface area contributed by atoms with Crippen LogP contribution < -0.4 is 15.1 Å². The van der Waals surface area contributed by atoms with Gasteiger partial charge in [0.25, 0.3) is 0 Å². The van der Waals surface area contributed by atoms with Gasteiger partial charge in [-0.2, -0.15) is 13.2 Å². The molecular formula is C22H20F3N3O3. The van der Waals surface area contributed by atoms with Gasteiger partial charge in [-0.15, -0.1) is 0 Å². The Kier molecular flexibility index (Phi) is 5.20. The maximum absolute atomic E-state index is 13.2. The van der Waals surface area contributed by atoms with Crippen LogP contribution in [0.25, 0.3) is 0 Å². The second-order valence-electron chi connectivity index (χ2n) is 7.67. The van der Waals surface area contributed by atoms with E-state index in [0.29, 0.717) is 18.7 Å². The molecule has 0 bridgehead atoms. The molecule has 1 saturated heterocycles. The van der Waals surface area contributed by atoms with Crippen LogP contribution in [0.4, 0.5) is 30.2 Å². The number of rotatable bonds is 3. The third-order valence-corrected chi connectivity index (χ3v) is 5.64. The van der Waals surface area contributed by atoms with Gasteiger partial charge in [0.15, 0.2) is 0 Å². The number of hydrogen-bond donors (Lipinski definition) is 1. The van der Waals surface area contributed by atoms with Gasteiger partial charge in [-0.25, -0.2) is 0 Å². The maximum Gasteiger partial charge on any atom is 0.418 e. The van der Waals surface area contributed by atoms with Crippen LogP contribution >= 0.6 is 0 Å². The quantitative estimate of drug-likeness (QED) is 0.807. The molecule has 4 rings (SSSR count). The van der Waals surface area contributed by atoms with Crippen LogP contribution in [0.1, 0.15) is 24.5 Å². The zero-order chi connectivity index (χ0) is 22.3. The van der Waals surface area contributed by atoms with Gasteiger partial charge in [-0.1, -0.05) is 12.1 Å². The smallest absolute Gasteiger partial charge is 0.325 e. The number of anilines is 3. The third-order valence-electron chi connectivity index (χ3n) is 5.64. The predicted molar refractivity (Wildman–Crippen MR) is 109 cm³/mol. The van der Waals surface area contributed by atoms with E-state index in [4.69, 9.17) is 0 Å². The van der Waals surface area contributed by atoms with Crippen molar-refractivity contribution in [2.75, 3.05) is 28.2 Å². The summed E-state index contributed by atoms with van der Waals surface area (Å²) in [5.74, 6) is -1.72.